The van der Waals surface area contributed by atoms with Gasteiger partial charge in [0.15, 0.2) is 17.0 Å². The molecule has 2 aliphatic rings. The maximum absolute atomic E-state index is 14.1. The van der Waals surface area contributed by atoms with Crippen molar-refractivity contribution in [2.45, 2.75) is 48.2 Å². The van der Waals surface area contributed by atoms with Gasteiger partial charge >= 0.3 is 17.9 Å². The molecular weight excluding hydrogens is 783 g/mol. The molecule has 300 valence electrons. The Hall–Kier alpha value is -6.86. The minimum atomic E-state index is -1.46. The highest BCUT2D eigenvalue weighted by Crippen LogP contribution is 2.51. The maximum Gasteiger partial charge on any atom is 0.371 e. The number of phenols is 1. The van der Waals surface area contributed by atoms with Crippen molar-refractivity contribution in [2.24, 2.45) is 5.73 Å². The number of carbonyl (C=O) groups excluding carboxylic acids is 3. The molecule has 2 aliphatic heterocycles. The van der Waals surface area contributed by atoms with E-state index in [1.54, 1.807) is 13.8 Å². The zero-order valence-corrected chi connectivity index (χ0v) is 31.2. The number of ether oxygens (including phenoxy) is 3. The van der Waals surface area contributed by atoms with E-state index in [0.29, 0.717) is 5.56 Å². The molecule has 18 nitrogen and oxygen atoms in total. The van der Waals surface area contributed by atoms with Crippen molar-refractivity contribution >= 4 is 63.4 Å². The topological polar surface area (TPSA) is 275 Å². The molecular formula is C39H33N3O15S. The second kappa shape index (κ2) is 15.2. The molecule has 2 amide bonds. The van der Waals surface area contributed by atoms with Gasteiger partial charge in [-0.25, -0.2) is 14.4 Å². The minimum Gasteiger partial charge on any atom is -0.508 e. The predicted molar refractivity (Wildman–Crippen MR) is 203 cm³/mol. The first-order valence-corrected chi connectivity index (χ1v) is 18.3. The Morgan fingerprint density at radius 1 is 0.845 bits per heavy atom. The first-order chi connectivity index (χ1) is 27.5. The number of aromatic carboxylic acids is 2. The predicted octanol–water partition coefficient (Wildman–Crippen LogP) is 2.62. The molecule has 4 atom stereocenters. The molecule has 7 rings (SSSR count). The molecule has 6 N–H and O–H groups in total. The smallest absolute Gasteiger partial charge is 0.371 e. The molecule has 2 saturated heterocycles. The lowest BCUT2D eigenvalue weighted by atomic mass is 9.95. The summed E-state index contributed by atoms with van der Waals surface area (Å²) in [6, 6.07) is 12.4. The van der Waals surface area contributed by atoms with Crippen LogP contribution < -0.4 is 31.4 Å². The van der Waals surface area contributed by atoms with Crippen molar-refractivity contribution in [2.75, 3.05) is 13.2 Å². The molecule has 3 aromatic carbocycles. The van der Waals surface area contributed by atoms with Gasteiger partial charge in [0.25, 0.3) is 0 Å². The number of hydrogen-bond acceptors (Lipinski definition) is 15. The highest BCUT2D eigenvalue weighted by molar-refractivity contribution is 8.01. The van der Waals surface area contributed by atoms with Crippen molar-refractivity contribution in [3.8, 4) is 17.2 Å². The zero-order chi connectivity index (χ0) is 41.6. The Bertz CT molecular complexity index is 2510. The van der Waals surface area contributed by atoms with E-state index < -0.39 is 99.7 Å². The number of amides is 2. The number of rotatable bonds is 13. The lowest BCUT2D eigenvalue weighted by molar-refractivity contribution is -0.169. The van der Waals surface area contributed by atoms with Crippen LogP contribution in [0.1, 0.15) is 46.6 Å². The lowest BCUT2D eigenvalue weighted by Gasteiger charge is -2.44. The molecule has 0 aliphatic carbocycles. The van der Waals surface area contributed by atoms with Gasteiger partial charge in [-0.2, -0.15) is 0 Å². The second-order valence-corrected chi connectivity index (χ2v) is 15.6. The first kappa shape index (κ1) is 39.4. The van der Waals surface area contributed by atoms with Crippen LogP contribution in [-0.2, 0) is 19.1 Å². The molecule has 0 radical (unpaired) electrons. The van der Waals surface area contributed by atoms with Gasteiger partial charge < -0.3 is 54.3 Å². The van der Waals surface area contributed by atoms with E-state index in [4.69, 9.17) is 28.8 Å². The number of phenolic OH excluding ortho intramolecular Hbond substituents is 1. The van der Waals surface area contributed by atoms with E-state index in [1.807, 2.05) is 0 Å². The monoisotopic (exact) mass is 815 g/mol. The van der Waals surface area contributed by atoms with Gasteiger partial charge in [-0.3, -0.25) is 19.2 Å². The molecule has 4 heterocycles. The lowest BCUT2D eigenvalue weighted by Crippen LogP contribution is -2.71. The number of carbonyl (C=O) groups is 5. The Morgan fingerprint density at radius 3 is 1.86 bits per heavy atom. The summed E-state index contributed by atoms with van der Waals surface area (Å²) in [6.45, 7) is 2.50. The van der Waals surface area contributed by atoms with Gasteiger partial charge in [-0.05, 0) is 55.8 Å². The summed E-state index contributed by atoms with van der Waals surface area (Å²) in [7, 11) is 0. The second-order valence-electron chi connectivity index (χ2n) is 13.8. The Kier molecular flexibility index (Phi) is 10.3. The van der Waals surface area contributed by atoms with Crippen molar-refractivity contribution in [1.82, 2.24) is 10.2 Å². The third kappa shape index (κ3) is 7.39. The number of thioether (sulfide) groups is 1. The van der Waals surface area contributed by atoms with E-state index in [1.165, 1.54) is 77.3 Å². The van der Waals surface area contributed by atoms with Crippen molar-refractivity contribution in [1.29, 1.82) is 0 Å². The average molecular weight is 816 g/mol. The van der Waals surface area contributed by atoms with E-state index in [2.05, 4.69) is 5.32 Å². The Morgan fingerprint density at radius 2 is 1.36 bits per heavy atom. The average Bonchev–Trinajstić information content (AvgIpc) is 3.44. The number of esters is 1. The van der Waals surface area contributed by atoms with Gasteiger partial charge in [-0.15, -0.1) is 11.8 Å². The van der Waals surface area contributed by atoms with Crippen LogP contribution in [0.25, 0.3) is 21.9 Å². The fourth-order valence-electron chi connectivity index (χ4n) is 6.72. The highest BCUT2D eigenvalue weighted by Gasteiger charge is 2.64. The Labute approximate surface area is 330 Å². The molecule has 0 saturated carbocycles. The molecule has 58 heavy (non-hydrogen) atoms. The largest absolute Gasteiger partial charge is 0.508 e. The van der Waals surface area contributed by atoms with Crippen LogP contribution in [0.2, 0.25) is 0 Å². The van der Waals surface area contributed by atoms with Crippen LogP contribution in [-0.4, -0.2) is 91.5 Å². The van der Waals surface area contributed by atoms with Crippen LogP contribution in [0.5, 0.6) is 17.2 Å². The standard InChI is InChI=1S/C39H33N3O15S/c1-39(2)32(42-34(47)31(35(42)58-39)41-33(46)30(40)17-9-11-18(43)12-10-17)38(52)55-19(15-53-22-5-3-7-24-28(22)20(44)13-26(56-24)36(48)49)16-54-23-6-4-8-25-29(23)21(45)14-27(57-25)37(50)51/h3-14,19,30-32,35,43H,15-16,40H2,1-2H3,(H,41,46)(H,48,49)(H,50,51)/t30-,31-,32+,35-/m1/s1. The fourth-order valence-corrected chi connectivity index (χ4v) is 8.34. The van der Waals surface area contributed by atoms with Crippen LogP contribution in [0.3, 0.4) is 0 Å². The summed E-state index contributed by atoms with van der Waals surface area (Å²) in [6.07, 6.45) is -1.30. The van der Waals surface area contributed by atoms with Crippen LogP contribution in [0, 0.1) is 0 Å². The van der Waals surface area contributed by atoms with Gasteiger partial charge in [0.2, 0.25) is 23.3 Å². The number of benzene rings is 3. The number of nitrogens with one attached hydrogen (secondary N) is 1. The number of β-lactam (4-membered cyclic amide) rings is 1. The summed E-state index contributed by atoms with van der Waals surface area (Å²) in [5.74, 6) is -6.30. The quantitative estimate of drug-likeness (QED) is 0.0844. The van der Waals surface area contributed by atoms with Gasteiger partial charge in [0.1, 0.15) is 75.9 Å². The van der Waals surface area contributed by atoms with Gasteiger partial charge in [-0.1, -0.05) is 24.3 Å². The number of nitrogens with two attached hydrogens (primary N) is 1. The molecule has 19 heteroatoms. The number of carboxylic acid groups (broad SMARTS) is 2. The van der Waals surface area contributed by atoms with Gasteiger partial charge in [0.05, 0.1) is 0 Å². The molecule has 0 spiro atoms. The third-order valence-corrected chi connectivity index (χ3v) is 11.1. The number of nitrogens with zero attached hydrogens (tertiary/aromatic N) is 1. The summed E-state index contributed by atoms with van der Waals surface area (Å²) in [4.78, 5) is 90.9. The maximum atomic E-state index is 14.1. The molecule has 0 unspecified atom stereocenters. The SMILES string of the molecule is CC1(C)S[C@@H]2[C@H](NC(=O)[C@H](N)c3ccc(O)cc3)C(=O)N2[C@H]1C(=O)OC(COc1cccc2oc(C(=O)O)cc(=O)c12)COc1cccc2oc(C(=O)O)cc(=O)c12. The van der Waals surface area contributed by atoms with E-state index >= 15 is 0 Å². The van der Waals surface area contributed by atoms with E-state index in [-0.39, 0.29) is 39.2 Å². The summed E-state index contributed by atoms with van der Waals surface area (Å²) >= 11 is 1.26. The summed E-state index contributed by atoms with van der Waals surface area (Å²) in [5.41, 5.74) is 4.90. The third-order valence-electron chi connectivity index (χ3n) is 9.48. The summed E-state index contributed by atoms with van der Waals surface area (Å²) in [5, 5.41) is 30.1. The highest BCUT2D eigenvalue weighted by atomic mass is 32.2. The molecule has 0 bridgehead atoms. The normalized spacial score (nSPS) is 18.7. The van der Waals surface area contributed by atoms with Crippen LogP contribution >= 0.6 is 11.8 Å². The van der Waals surface area contributed by atoms with Gasteiger partial charge in [0, 0.05) is 16.9 Å². The van der Waals surface area contributed by atoms with E-state index in [0.717, 1.165) is 12.1 Å². The van der Waals surface area contributed by atoms with Crippen molar-refractivity contribution < 1.29 is 62.3 Å². The number of fused-ring (bicyclic) bond motifs is 3. The van der Waals surface area contributed by atoms with Crippen LogP contribution in [0.4, 0.5) is 0 Å². The van der Waals surface area contributed by atoms with Crippen LogP contribution in [0.15, 0.2) is 91.2 Å². The molecule has 5 aromatic rings. The molecule has 2 aromatic heterocycles. The first-order valence-electron chi connectivity index (χ1n) is 17.5. The minimum absolute atomic E-state index is 0.0153. The fraction of sp³-hybridized carbons (Fsp3) is 0.256. The zero-order valence-electron chi connectivity index (χ0n) is 30.4. The van der Waals surface area contributed by atoms with E-state index in [9.17, 15) is 48.9 Å². The van der Waals surface area contributed by atoms with Crippen molar-refractivity contribution in [3.63, 3.8) is 0 Å². The number of carboxylic acids is 2. The Balaban J connectivity index is 1.13. The number of aromatic hydroxyl groups is 1. The van der Waals surface area contributed by atoms with Crippen molar-refractivity contribution in [3.05, 3.63) is 110 Å². The number of hydrogen-bond donors (Lipinski definition) is 5. The summed E-state index contributed by atoms with van der Waals surface area (Å²) < 4.78 is 27.6. The molecule has 2 fully saturated rings.